The van der Waals surface area contributed by atoms with Gasteiger partial charge < -0.3 is 0 Å². The van der Waals surface area contributed by atoms with Gasteiger partial charge in [-0.05, 0) is 36.2 Å². The Hall–Kier alpha value is -2.31. The van der Waals surface area contributed by atoms with Crippen LogP contribution < -0.4 is 0 Å². The molecular weight excluding hydrogens is 270 g/mol. The van der Waals surface area contributed by atoms with E-state index in [9.17, 15) is 5.26 Å². The summed E-state index contributed by atoms with van der Waals surface area (Å²) in [5, 5.41) is 15.3. The van der Waals surface area contributed by atoms with Crippen molar-refractivity contribution in [1.82, 2.24) is 9.78 Å². The number of hydrogen-bond acceptors (Lipinski definition) is 2. The third-order valence-electron chi connectivity index (χ3n) is 3.45. The number of benzene rings is 2. The Morgan fingerprint density at radius 3 is 2.70 bits per heavy atom. The molecule has 0 aliphatic heterocycles. The van der Waals surface area contributed by atoms with Gasteiger partial charge in [-0.25, -0.2) is 0 Å². The van der Waals surface area contributed by atoms with Crippen LogP contribution in [0.25, 0.3) is 22.0 Å². The van der Waals surface area contributed by atoms with Crippen LogP contribution in [0, 0.1) is 18.3 Å². The van der Waals surface area contributed by atoms with Crippen LogP contribution in [-0.4, -0.2) is 9.78 Å². The summed E-state index contributed by atoms with van der Waals surface area (Å²) in [4.78, 5) is 0. The van der Waals surface area contributed by atoms with Gasteiger partial charge in [-0.2, -0.15) is 10.4 Å². The van der Waals surface area contributed by atoms with Crippen LogP contribution in [0.3, 0.4) is 0 Å². The van der Waals surface area contributed by atoms with E-state index in [-0.39, 0.29) is 0 Å². The number of fused-ring (bicyclic) bond motifs is 1. The Labute approximate surface area is 122 Å². The average molecular weight is 282 g/mol. The van der Waals surface area contributed by atoms with Crippen molar-refractivity contribution in [3.8, 4) is 17.2 Å². The van der Waals surface area contributed by atoms with Crippen molar-refractivity contribution >= 4 is 22.5 Å². The van der Waals surface area contributed by atoms with E-state index < -0.39 is 0 Å². The molecule has 0 amide bonds. The molecule has 3 rings (SSSR count). The molecule has 2 aromatic carbocycles. The minimum absolute atomic E-state index is 0.577. The van der Waals surface area contributed by atoms with Crippen LogP contribution in [0.2, 0.25) is 5.02 Å². The van der Waals surface area contributed by atoms with Crippen LogP contribution in [0.4, 0.5) is 0 Å². The van der Waals surface area contributed by atoms with Crippen LogP contribution >= 0.6 is 11.6 Å². The lowest BCUT2D eigenvalue weighted by Crippen LogP contribution is -1.92. The van der Waals surface area contributed by atoms with Crippen molar-refractivity contribution in [2.24, 2.45) is 7.05 Å². The Kier molecular flexibility index (Phi) is 2.96. The maximum absolute atomic E-state index is 9.23. The summed E-state index contributed by atoms with van der Waals surface area (Å²) < 4.78 is 1.62. The van der Waals surface area contributed by atoms with Crippen molar-refractivity contribution in [3.05, 3.63) is 52.7 Å². The topological polar surface area (TPSA) is 41.6 Å². The van der Waals surface area contributed by atoms with Crippen LogP contribution in [-0.2, 0) is 7.05 Å². The standard InChI is InChI=1S/C16H12ClN3/c1-10-8-11(17)6-7-12(10)13-4-3-5-14-15(9-18)20(2)19-16(13)14/h3-8H,1-2H3. The predicted molar refractivity (Wildman–Crippen MR) is 80.6 cm³/mol. The number of aromatic nitrogens is 2. The largest absolute Gasteiger partial charge is 0.257 e. The zero-order valence-corrected chi connectivity index (χ0v) is 11.9. The van der Waals surface area contributed by atoms with Crippen molar-refractivity contribution in [3.63, 3.8) is 0 Å². The summed E-state index contributed by atoms with van der Waals surface area (Å²) >= 11 is 6.01. The van der Waals surface area contributed by atoms with Crippen molar-refractivity contribution in [2.45, 2.75) is 6.92 Å². The summed E-state index contributed by atoms with van der Waals surface area (Å²) in [6.45, 7) is 2.02. The summed E-state index contributed by atoms with van der Waals surface area (Å²) in [6, 6.07) is 13.9. The monoisotopic (exact) mass is 281 g/mol. The van der Waals surface area contributed by atoms with Crippen LogP contribution in [0.5, 0.6) is 0 Å². The summed E-state index contributed by atoms with van der Waals surface area (Å²) in [6.07, 6.45) is 0. The van der Waals surface area contributed by atoms with Gasteiger partial charge in [-0.3, -0.25) is 4.68 Å². The molecule has 3 aromatic rings. The summed E-state index contributed by atoms with van der Waals surface area (Å²) in [7, 11) is 1.79. The highest BCUT2D eigenvalue weighted by molar-refractivity contribution is 6.30. The molecule has 3 nitrogen and oxygen atoms in total. The van der Waals surface area contributed by atoms with Gasteiger partial charge in [0.1, 0.15) is 17.3 Å². The van der Waals surface area contributed by atoms with Gasteiger partial charge in [0.05, 0.1) is 0 Å². The van der Waals surface area contributed by atoms with E-state index >= 15 is 0 Å². The Morgan fingerprint density at radius 2 is 2.00 bits per heavy atom. The molecule has 0 aliphatic rings. The fourth-order valence-corrected chi connectivity index (χ4v) is 2.72. The molecule has 98 valence electrons. The summed E-state index contributed by atoms with van der Waals surface area (Å²) in [5.74, 6) is 0. The van der Waals surface area contributed by atoms with Crippen molar-refractivity contribution in [1.29, 1.82) is 5.26 Å². The molecule has 1 aromatic heterocycles. The van der Waals surface area contributed by atoms with E-state index in [1.54, 1.807) is 11.7 Å². The quantitative estimate of drug-likeness (QED) is 0.674. The van der Waals surface area contributed by atoms with Gasteiger partial charge in [0.25, 0.3) is 0 Å². The molecule has 0 spiro atoms. The Bertz CT molecular complexity index is 856. The van der Waals surface area contributed by atoms with Crippen LogP contribution in [0.15, 0.2) is 36.4 Å². The highest BCUT2D eigenvalue weighted by Crippen LogP contribution is 2.32. The van der Waals surface area contributed by atoms with E-state index in [1.807, 2.05) is 43.3 Å². The zero-order valence-electron chi connectivity index (χ0n) is 11.2. The van der Waals surface area contributed by atoms with Gasteiger partial charge in [-0.1, -0.05) is 29.8 Å². The minimum Gasteiger partial charge on any atom is -0.257 e. The lowest BCUT2D eigenvalue weighted by molar-refractivity contribution is 0.767. The predicted octanol–water partition coefficient (Wildman–Crippen LogP) is 4.07. The number of halogens is 1. The molecule has 0 atom stereocenters. The molecule has 1 heterocycles. The number of rotatable bonds is 1. The first-order valence-corrected chi connectivity index (χ1v) is 6.62. The molecule has 0 saturated heterocycles. The molecule has 0 bridgehead atoms. The first-order valence-electron chi connectivity index (χ1n) is 6.24. The third-order valence-corrected chi connectivity index (χ3v) is 3.68. The molecule has 0 unspecified atom stereocenters. The molecule has 0 radical (unpaired) electrons. The lowest BCUT2D eigenvalue weighted by Gasteiger charge is -2.07. The summed E-state index contributed by atoms with van der Waals surface area (Å²) in [5.41, 5.74) is 4.62. The zero-order chi connectivity index (χ0) is 14.3. The minimum atomic E-state index is 0.577. The van der Waals surface area contributed by atoms with E-state index in [4.69, 9.17) is 11.6 Å². The molecule has 0 fully saturated rings. The van der Waals surface area contributed by atoms with E-state index in [0.717, 1.165) is 32.6 Å². The lowest BCUT2D eigenvalue weighted by atomic mass is 9.98. The first kappa shape index (κ1) is 12.7. The van der Waals surface area contributed by atoms with E-state index in [0.29, 0.717) is 5.69 Å². The fraction of sp³-hybridized carbons (Fsp3) is 0.125. The van der Waals surface area contributed by atoms with Crippen molar-refractivity contribution in [2.75, 3.05) is 0 Å². The molecule has 20 heavy (non-hydrogen) atoms. The smallest absolute Gasteiger partial charge is 0.146 e. The second-order valence-electron chi connectivity index (χ2n) is 4.75. The Balaban J connectivity index is 2.35. The molecule has 0 N–H and O–H groups in total. The fourth-order valence-electron chi connectivity index (χ4n) is 2.50. The van der Waals surface area contributed by atoms with Gasteiger partial charge in [0.2, 0.25) is 0 Å². The SMILES string of the molecule is Cc1cc(Cl)ccc1-c1cccc2c(C#N)n(C)nc12. The second kappa shape index (κ2) is 4.66. The number of hydrogen-bond donors (Lipinski definition) is 0. The highest BCUT2D eigenvalue weighted by atomic mass is 35.5. The first-order chi connectivity index (χ1) is 9.61. The van der Waals surface area contributed by atoms with Gasteiger partial charge in [-0.15, -0.1) is 0 Å². The Morgan fingerprint density at radius 1 is 1.20 bits per heavy atom. The van der Waals surface area contributed by atoms with E-state index in [2.05, 4.69) is 11.2 Å². The van der Waals surface area contributed by atoms with Crippen LogP contribution in [0.1, 0.15) is 11.3 Å². The molecule has 0 aliphatic carbocycles. The van der Waals surface area contributed by atoms with Gasteiger partial charge >= 0.3 is 0 Å². The third kappa shape index (κ3) is 1.86. The van der Waals surface area contributed by atoms with Gasteiger partial charge in [0, 0.05) is 23.0 Å². The maximum Gasteiger partial charge on any atom is 0.146 e. The number of nitrogens with zero attached hydrogens (tertiary/aromatic N) is 3. The molecule has 4 heteroatoms. The normalized spacial score (nSPS) is 10.7. The number of nitriles is 1. The maximum atomic E-state index is 9.23. The molecular formula is C16H12ClN3. The molecule has 0 saturated carbocycles. The second-order valence-corrected chi connectivity index (χ2v) is 5.18. The van der Waals surface area contributed by atoms with E-state index in [1.165, 1.54) is 0 Å². The van der Waals surface area contributed by atoms with Gasteiger partial charge in [0.15, 0.2) is 0 Å². The highest BCUT2D eigenvalue weighted by Gasteiger charge is 2.13. The van der Waals surface area contributed by atoms with Crippen molar-refractivity contribution < 1.29 is 0 Å². The average Bonchev–Trinajstić information content (AvgIpc) is 2.74. The number of aryl methyl sites for hydroxylation is 2.